The van der Waals surface area contributed by atoms with Crippen molar-refractivity contribution in [3.63, 3.8) is 0 Å². The summed E-state index contributed by atoms with van der Waals surface area (Å²) in [7, 11) is -5.56. The molecule has 7 heteroatoms. The Balaban J connectivity index is 0. The lowest BCUT2D eigenvalue weighted by molar-refractivity contribution is 0.0526. The van der Waals surface area contributed by atoms with E-state index in [4.69, 9.17) is 4.55 Å². The van der Waals surface area contributed by atoms with Crippen LogP contribution in [0.4, 0.5) is 13.2 Å². The summed E-state index contributed by atoms with van der Waals surface area (Å²) in [5.74, 6) is 0. The number of alkyl halides is 3. The maximum Gasteiger partial charge on any atom is 0.397 e. The van der Waals surface area contributed by atoms with E-state index < -0.39 is 22.0 Å². The Kier molecular flexibility index (Phi) is 3.96. The van der Waals surface area contributed by atoms with Gasteiger partial charge in [-0.3, -0.25) is 4.55 Å². The van der Waals surface area contributed by atoms with Crippen LogP contribution in [0.2, 0.25) is 0 Å². The van der Waals surface area contributed by atoms with Crippen molar-refractivity contribution in [3.05, 3.63) is 0 Å². The lowest BCUT2D eigenvalue weighted by Gasteiger charge is -2.05. The molecule has 0 saturated carbocycles. The fraction of sp³-hybridized carbons (Fsp3) is 1.00. The van der Waals surface area contributed by atoms with Gasteiger partial charge in [0.1, 0.15) is 0 Å². The molecule has 0 aliphatic heterocycles. The fourth-order valence-electron chi connectivity index (χ4n) is 0.0689. The first-order valence-corrected chi connectivity index (χ1v) is 3.16. The molecule has 0 rings (SSSR count). The molecule has 0 radical (unpaired) electrons. The van der Waals surface area contributed by atoms with Gasteiger partial charge in [0.25, 0.3) is 0 Å². The predicted octanol–water partition coefficient (Wildman–Crippen LogP) is 1.07. The Morgan fingerprint density at radius 1 is 1.40 bits per heavy atom. The van der Waals surface area contributed by atoms with Gasteiger partial charge in [-0.15, -0.1) is 0 Å². The molecule has 0 bridgehead atoms. The van der Waals surface area contributed by atoms with E-state index in [1.807, 2.05) is 0 Å². The molecule has 0 aliphatic rings. The molecule has 1 N–H and O–H groups in total. The Morgan fingerprint density at radius 3 is 1.70 bits per heavy atom. The van der Waals surface area contributed by atoms with Crippen LogP contribution >= 0.6 is 0 Å². The maximum atomic E-state index is 11.4. The minimum atomic E-state index is -5.56. The van der Waals surface area contributed by atoms with Gasteiger partial charge in [-0.05, 0) is 0 Å². The van der Waals surface area contributed by atoms with E-state index in [1.54, 1.807) is 0 Å². The van der Waals surface area contributed by atoms with Crippen LogP contribution in [0, 0.1) is 0 Å². The lowest BCUT2D eigenvalue weighted by atomic mass is 10.8. The summed E-state index contributed by atoms with van der Waals surface area (Å²) in [4.78, 5) is 0. The summed E-state index contributed by atoms with van der Waals surface area (Å²) in [6.45, 7) is -2.41. The van der Waals surface area contributed by atoms with Crippen molar-refractivity contribution in [1.29, 1.82) is 0 Å². The number of rotatable bonds is 2. The number of hydrogen-bond donors (Lipinski definition) is 1. The molecule has 64 valence electrons. The zero-order valence-electron chi connectivity index (χ0n) is 4.01. The highest BCUT2D eigenvalue weighted by molar-refractivity contribution is 7.86. The van der Waals surface area contributed by atoms with Gasteiger partial charge in [-0.2, -0.15) is 17.2 Å². The molecule has 0 aromatic rings. The Morgan fingerprint density at radius 2 is 1.70 bits per heavy atom. The first-order chi connectivity index (χ1) is 3.81. The topological polar surface area (TPSA) is 54.4 Å². The van der Waals surface area contributed by atoms with Crippen LogP contribution in [0.25, 0.3) is 0 Å². The number of halogens is 3. The summed E-state index contributed by atoms with van der Waals surface area (Å²) >= 11 is 0. The Hall–Kier alpha value is -0.300. The van der Waals surface area contributed by atoms with Crippen molar-refractivity contribution in [1.82, 2.24) is 0 Å². The summed E-state index contributed by atoms with van der Waals surface area (Å²) < 4.78 is 60.3. The highest BCUT2D eigenvalue weighted by atomic mass is 32.2. The van der Waals surface area contributed by atoms with Gasteiger partial charge in [0.05, 0.1) is 0 Å². The van der Waals surface area contributed by atoms with Crippen LogP contribution in [0.5, 0.6) is 0 Å². The van der Waals surface area contributed by atoms with Crippen molar-refractivity contribution < 1.29 is 26.1 Å². The summed E-state index contributed by atoms with van der Waals surface area (Å²) in [5, 5.41) is -4.66. The van der Waals surface area contributed by atoms with Gasteiger partial charge in [-0.25, -0.2) is 4.39 Å². The zero-order chi connectivity index (χ0) is 7.71. The summed E-state index contributed by atoms with van der Waals surface area (Å²) in [5.41, 5.74) is 0. The first-order valence-electron chi connectivity index (χ1n) is 1.72. The highest BCUT2D eigenvalue weighted by Crippen LogP contribution is 2.19. The molecule has 0 aromatic carbocycles. The van der Waals surface area contributed by atoms with E-state index >= 15 is 0 Å². The van der Waals surface area contributed by atoms with E-state index in [9.17, 15) is 21.6 Å². The van der Waals surface area contributed by atoms with Gasteiger partial charge >= 0.3 is 15.4 Å². The van der Waals surface area contributed by atoms with Crippen LogP contribution in [0.15, 0.2) is 0 Å². The molecule has 0 amide bonds. The lowest BCUT2D eigenvalue weighted by Crippen LogP contribution is -2.30. The third kappa shape index (κ3) is 2.53. The molecule has 10 heavy (non-hydrogen) atoms. The van der Waals surface area contributed by atoms with Gasteiger partial charge in [-0.1, -0.05) is 7.43 Å². The third-order valence-corrected chi connectivity index (χ3v) is 1.40. The van der Waals surface area contributed by atoms with E-state index in [0.717, 1.165) is 0 Å². The van der Waals surface area contributed by atoms with E-state index in [-0.39, 0.29) is 7.43 Å². The van der Waals surface area contributed by atoms with Gasteiger partial charge in [0, 0.05) is 0 Å². The van der Waals surface area contributed by atoms with Crippen LogP contribution in [-0.2, 0) is 10.1 Å². The van der Waals surface area contributed by atoms with Crippen LogP contribution < -0.4 is 0 Å². The molecule has 0 aliphatic carbocycles. The molecule has 0 fully saturated rings. The average molecular weight is 180 g/mol. The highest BCUT2D eigenvalue weighted by Gasteiger charge is 2.44. The van der Waals surface area contributed by atoms with Gasteiger partial charge in [0.2, 0.25) is 0 Å². The fourth-order valence-corrected chi connectivity index (χ4v) is 0.207. The van der Waals surface area contributed by atoms with Crippen LogP contribution in [0.3, 0.4) is 0 Å². The van der Waals surface area contributed by atoms with Gasteiger partial charge < -0.3 is 0 Å². The van der Waals surface area contributed by atoms with Crippen molar-refractivity contribution in [3.8, 4) is 0 Å². The molecular formula is C3H7F3O3S. The first kappa shape index (κ1) is 12.4. The molecule has 0 spiro atoms. The standard InChI is InChI=1S/C2H3F3O3S.CH4/c3-1-2(4,5)9(6,7)8;/h1H2,(H,6,7,8);1H4. The second kappa shape index (κ2) is 3.20. The van der Waals surface area contributed by atoms with Crippen molar-refractivity contribution in [2.24, 2.45) is 0 Å². The SMILES string of the molecule is C.O=S(=O)(O)C(F)(F)CF. The van der Waals surface area contributed by atoms with Crippen LogP contribution in [-0.4, -0.2) is 24.9 Å². The minimum absolute atomic E-state index is 0. The molecular weight excluding hydrogens is 173 g/mol. The number of hydrogen-bond acceptors (Lipinski definition) is 2. The van der Waals surface area contributed by atoms with Crippen LogP contribution in [0.1, 0.15) is 7.43 Å². The molecule has 3 nitrogen and oxygen atoms in total. The van der Waals surface area contributed by atoms with E-state index in [1.165, 1.54) is 0 Å². The monoisotopic (exact) mass is 180 g/mol. The Bertz CT molecular complexity index is 185. The largest absolute Gasteiger partial charge is 0.397 e. The molecule has 0 unspecified atom stereocenters. The summed E-state index contributed by atoms with van der Waals surface area (Å²) in [6.07, 6.45) is 0. The minimum Gasteiger partial charge on any atom is -0.281 e. The second-order valence-electron chi connectivity index (χ2n) is 1.25. The third-order valence-electron chi connectivity index (χ3n) is 0.533. The van der Waals surface area contributed by atoms with E-state index in [0.29, 0.717) is 0 Å². The zero-order valence-corrected chi connectivity index (χ0v) is 4.83. The smallest absolute Gasteiger partial charge is 0.281 e. The molecule has 0 atom stereocenters. The van der Waals surface area contributed by atoms with Crippen molar-refractivity contribution in [2.75, 3.05) is 6.67 Å². The normalized spacial score (nSPS) is 12.4. The van der Waals surface area contributed by atoms with Crippen molar-refractivity contribution in [2.45, 2.75) is 12.7 Å². The molecule has 0 aromatic heterocycles. The average Bonchev–Trinajstić information content (AvgIpc) is 1.64. The molecule has 0 heterocycles. The molecule has 0 saturated heterocycles. The Labute approximate surface area is 56.6 Å². The van der Waals surface area contributed by atoms with E-state index in [2.05, 4.69) is 0 Å². The summed E-state index contributed by atoms with van der Waals surface area (Å²) in [6, 6.07) is 0. The van der Waals surface area contributed by atoms with Gasteiger partial charge in [0.15, 0.2) is 6.67 Å². The van der Waals surface area contributed by atoms with Crippen molar-refractivity contribution >= 4 is 10.1 Å². The predicted molar refractivity (Wildman–Crippen MR) is 29.2 cm³/mol. The quantitative estimate of drug-likeness (QED) is 0.647. The maximum absolute atomic E-state index is 11.4. The second-order valence-corrected chi connectivity index (χ2v) is 2.79.